The fourth-order valence-electron chi connectivity index (χ4n) is 3.57. The van der Waals surface area contributed by atoms with Gasteiger partial charge < -0.3 is 10.3 Å². The first-order valence-corrected chi connectivity index (χ1v) is 6.93. The summed E-state index contributed by atoms with van der Waals surface area (Å²) in [7, 11) is 0. The molecule has 1 N–H and O–H groups in total. The Hall–Kier alpha value is -1.32. The summed E-state index contributed by atoms with van der Waals surface area (Å²) < 4.78 is 0. The van der Waals surface area contributed by atoms with E-state index in [0.717, 1.165) is 19.6 Å². The van der Waals surface area contributed by atoms with Crippen molar-refractivity contribution in [1.82, 2.24) is 15.3 Å². The molecule has 1 aromatic rings. The molecule has 0 aromatic heterocycles. The molecule has 0 saturated carbocycles. The highest BCUT2D eigenvalue weighted by atomic mass is 15.7. The molecule has 3 aliphatic heterocycles. The van der Waals surface area contributed by atoms with Crippen molar-refractivity contribution in [2.24, 2.45) is 0 Å². The van der Waals surface area contributed by atoms with Gasteiger partial charge in [0.15, 0.2) is 0 Å². The van der Waals surface area contributed by atoms with E-state index in [1.165, 1.54) is 24.0 Å². The highest BCUT2D eigenvalue weighted by Crippen LogP contribution is 2.31. The molecular formula is C15H19N3. The van der Waals surface area contributed by atoms with Gasteiger partial charge in [0.2, 0.25) is 0 Å². The smallest absolute Gasteiger partial charge is 0.0596 e. The van der Waals surface area contributed by atoms with E-state index in [9.17, 15) is 0 Å². The van der Waals surface area contributed by atoms with Crippen LogP contribution in [0.15, 0.2) is 30.5 Å². The largest absolute Gasteiger partial charge is 0.313 e. The lowest BCUT2D eigenvalue weighted by Crippen LogP contribution is -2.57. The Labute approximate surface area is 108 Å². The number of nitrogens with zero attached hydrogens (tertiary/aromatic N) is 2. The van der Waals surface area contributed by atoms with E-state index in [-0.39, 0.29) is 0 Å². The van der Waals surface area contributed by atoms with E-state index in [2.05, 4.69) is 51.9 Å². The zero-order chi connectivity index (χ0) is 11.9. The Bertz CT molecular complexity index is 466. The van der Waals surface area contributed by atoms with Crippen LogP contribution in [-0.4, -0.2) is 35.2 Å². The Morgan fingerprint density at radius 3 is 2.67 bits per heavy atom. The number of hydrogen-bond donors (Lipinski definition) is 1. The van der Waals surface area contributed by atoms with Crippen molar-refractivity contribution in [1.29, 1.82) is 0 Å². The van der Waals surface area contributed by atoms with E-state index >= 15 is 0 Å². The molecule has 18 heavy (non-hydrogen) atoms. The van der Waals surface area contributed by atoms with Gasteiger partial charge in [0.25, 0.3) is 0 Å². The Morgan fingerprint density at radius 1 is 1.06 bits per heavy atom. The number of hydrazine groups is 1. The molecule has 0 spiro atoms. The molecule has 2 unspecified atom stereocenters. The molecule has 2 fully saturated rings. The predicted octanol–water partition coefficient (Wildman–Crippen LogP) is 1.82. The van der Waals surface area contributed by atoms with Crippen LogP contribution in [0.3, 0.4) is 0 Å². The third-order valence-electron chi connectivity index (χ3n) is 4.45. The van der Waals surface area contributed by atoms with Crippen LogP contribution >= 0.6 is 0 Å². The van der Waals surface area contributed by atoms with Gasteiger partial charge in [0.1, 0.15) is 0 Å². The lowest BCUT2D eigenvalue weighted by Gasteiger charge is -2.44. The van der Waals surface area contributed by atoms with Crippen molar-refractivity contribution in [3.63, 3.8) is 0 Å². The Balaban J connectivity index is 1.61. The average Bonchev–Trinajstić information content (AvgIpc) is 2.68. The first-order valence-electron chi connectivity index (χ1n) is 6.93. The zero-order valence-corrected chi connectivity index (χ0v) is 10.5. The van der Waals surface area contributed by atoms with Gasteiger partial charge in [-0.2, -0.15) is 0 Å². The molecule has 2 saturated heterocycles. The number of nitrogens with one attached hydrogen (secondary N) is 1. The highest BCUT2D eigenvalue weighted by Gasteiger charge is 2.39. The fraction of sp³-hybridized carbons (Fsp3) is 0.467. The summed E-state index contributed by atoms with van der Waals surface area (Å²) in [6.45, 7) is 3.31. The molecule has 3 nitrogen and oxygen atoms in total. The van der Waals surface area contributed by atoms with E-state index in [1.807, 2.05) is 0 Å². The third-order valence-corrected chi connectivity index (χ3v) is 4.45. The molecular weight excluding hydrogens is 222 g/mol. The van der Waals surface area contributed by atoms with Gasteiger partial charge in [0.05, 0.1) is 6.54 Å². The number of piperazine rings is 1. The van der Waals surface area contributed by atoms with Crippen LogP contribution in [0.4, 0.5) is 0 Å². The minimum atomic E-state index is 0.693. The minimum Gasteiger partial charge on any atom is -0.313 e. The van der Waals surface area contributed by atoms with Crippen LogP contribution in [0.25, 0.3) is 6.08 Å². The molecule has 1 aromatic carbocycles. The van der Waals surface area contributed by atoms with Crippen molar-refractivity contribution in [2.75, 3.05) is 13.1 Å². The van der Waals surface area contributed by atoms with Gasteiger partial charge in [-0.25, -0.2) is 5.01 Å². The van der Waals surface area contributed by atoms with Gasteiger partial charge in [-0.1, -0.05) is 24.3 Å². The van der Waals surface area contributed by atoms with Crippen molar-refractivity contribution < 1.29 is 0 Å². The first kappa shape index (κ1) is 10.6. The first-order chi connectivity index (χ1) is 8.92. The van der Waals surface area contributed by atoms with Crippen LogP contribution in [-0.2, 0) is 6.54 Å². The second-order valence-electron chi connectivity index (χ2n) is 5.54. The summed E-state index contributed by atoms with van der Waals surface area (Å²) in [6, 6.07) is 10.1. The molecule has 3 heterocycles. The average molecular weight is 241 g/mol. The predicted molar refractivity (Wildman–Crippen MR) is 72.5 cm³/mol. The molecule has 4 rings (SSSR count). The number of rotatable bonds is 1. The maximum absolute atomic E-state index is 3.54. The minimum absolute atomic E-state index is 0.693. The normalized spacial score (nSPS) is 30.6. The molecule has 0 aliphatic carbocycles. The molecule has 2 bridgehead atoms. The quantitative estimate of drug-likeness (QED) is 0.809. The van der Waals surface area contributed by atoms with Crippen LogP contribution in [0, 0.1) is 0 Å². The summed E-state index contributed by atoms with van der Waals surface area (Å²) in [6.07, 6.45) is 7.19. The number of benzene rings is 1. The summed E-state index contributed by atoms with van der Waals surface area (Å²) in [5.41, 5.74) is 2.81. The number of hydrogen-bond acceptors (Lipinski definition) is 3. The maximum Gasteiger partial charge on any atom is 0.0596 e. The second-order valence-corrected chi connectivity index (χ2v) is 5.54. The van der Waals surface area contributed by atoms with Crippen molar-refractivity contribution >= 4 is 6.08 Å². The van der Waals surface area contributed by atoms with Gasteiger partial charge in [-0.15, -0.1) is 0 Å². The summed E-state index contributed by atoms with van der Waals surface area (Å²) in [5, 5.41) is 8.59. The SMILES string of the molecule is C1=CN(N2C3CCC2CNC3)Cc2ccccc21. The zero-order valence-electron chi connectivity index (χ0n) is 10.5. The van der Waals surface area contributed by atoms with E-state index < -0.39 is 0 Å². The van der Waals surface area contributed by atoms with Crippen LogP contribution in [0.1, 0.15) is 24.0 Å². The second kappa shape index (κ2) is 4.11. The van der Waals surface area contributed by atoms with Gasteiger partial charge in [-0.3, -0.25) is 0 Å². The molecule has 3 heteroatoms. The van der Waals surface area contributed by atoms with Gasteiger partial charge in [0, 0.05) is 31.4 Å². The number of fused-ring (bicyclic) bond motifs is 3. The van der Waals surface area contributed by atoms with Gasteiger partial charge >= 0.3 is 0 Å². The highest BCUT2D eigenvalue weighted by molar-refractivity contribution is 5.55. The van der Waals surface area contributed by atoms with E-state index in [4.69, 9.17) is 0 Å². The maximum atomic E-state index is 3.54. The lowest BCUT2D eigenvalue weighted by atomic mass is 10.1. The van der Waals surface area contributed by atoms with Crippen LogP contribution in [0.2, 0.25) is 0 Å². The molecule has 2 atom stereocenters. The Morgan fingerprint density at radius 2 is 1.83 bits per heavy atom. The summed E-state index contributed by atoms with van der Waals surface area (Å²) in [4.78, 5) is 0. The van der Waals surface area contributed by atoms with E-state index in [1.54, 1.807) is 0 Å². The Kier molecular flexibility index (Phi) is 2.42. The third kappa shape index (κ3) is 1.58. The van der Waals surface area contributed by atoms with E-state index in [0.29, 0.717) is 12.1 Å². The van der Waals surface area contributed by atoms with Crippen molar-refractivity contribution in [3.05, 3.63) is 41.6 Å². The molecule has 94 valence electrons. The standard InChI is InChI=1S/C15H19N3/c1-2-4-13-11-17(8-7-12(13)3-1)18-14-5-6-15(18)10-16-9-14/h1-4,7-8,14-16H,5-6,9-11H2. The van der Waals surface area contributed by atoms with Crippen molar-refractivity contribution in [3.8, 4) is 0 Å². The molecule has 0 radical (unpaired) electrons. The topological polar surface area (TPSA) is 18.5 Å². The monoisotopic (exact) mass is 241 g/mol. The van der Waals surface area contributed by atoms with Crippen LogP contribution in [0.5, 0.6) is 0 Å². The van der Waals surface area contributed by atoms with Gasteiger partial charge in [-0.05, 0) is 30.0 Å². The molecule has 3 aliphatic rings. The van der Waals surface area contributed by atoms with Crippen LogP contribution < -0.4 is 5.32 Å². The lowest BCUT2D eigenvalue weighted by molar-refractivity contribution is -0.0481. The van der Waals surface area contributed by atoms with Crippen molar-refractivity contribution in [2.45, 2.75) is 31.5 Å². The fourth-order valence-corrected chi connectivity index (χ4v) is 3.57. The summed E-state index contributed by atoms with van der Waals surface area (Å²) >= 11 is 0. The molecule has 0 amide bonds. The summed E-state index contributed by atoms with van der Waals surface area (Å²) in [5.74, 6) is 0.